The maximum Gasteiger partial charge on any atom is 0.313 e. The zero-order valence-corrected chi connectivity index (χ0v) is 14.6. The van der Waals surface area contributed by atoms with E-state index in [0.29, 0.717) is 25.1 Å². The summed E-state index contributed by atoms with van der Waals surface area (Å²) in [6.07, 6.45) is 2.90. The van der Waals surface area contributed by atoms with Crippen LogP contribution < -0.4 is 10.6 Å². The molecule has 0 unspecified atom stereocenters. The SMILES string of the molecule is COC(=O)CCCCNC(=O)C(=O)Nc1ccc(-n2cnnn2)c(C)c1. The number of hydrogen-bond acceptors (Lipinski definition) is 7. The number of rotatable bonds is 7. The quantitative estimate of drug-likeness (QED) is 0.415. The van der Waals surface area contributed by atoms with Gasteiger partial charge in [-0.15, -0.1) is 5.10 Å². The van der Waals surface area contributed by atoms with E-state index < -0.39 is 11.8 Å². The van der Waals surface area contributed by atoms with Crippen LogP contribution in [0.1, 0.15) is 24.8 Å². The molecule has 10 heteroatoms. The molecule has 1 aromatic carbocycles. The van der Waals surface area contributed by atoms with E-state index >= 15 is 0 Å². The molecule has 0 fully saturated rings. The van der Waals surface area contributed by atoms with Gasteiger partial charge in [-0.1, -0.05) is 0 Å². The van der Waals surface area contributed by atoms with E-state index in [1.54, 1.807) is 18.2 Å². The smallest absolute Gasteiger partial charge is 0.313 e. The van der Waals surface area contributed by atoms with Gasteiger partial charge in [0.25, 0.3) is 0 Å². The lowest BCUT2D eigenvalue weighted by atomic mass is 10.2. The summed E-state index contributed by atoms with van der Waals surface area (Å²) in [5.74, 6) is -1.78. The van der Waals surface area contributed by atoms with Crippen LogP contribution in [0.5, 0.6) is 0 Å². The molecule has 0 saturated carbocycles. The Balaban J connectivity index is 1.80. The van der Waals surface area contributed by atoms with Crippen molar-refractivity contribution in [2.75, 3.05) is 19.0 Å². The van der Waals surface area contributed by atoms with Crippen LogP contribution in [0.15, 0.2) is 24.5 Å². The van der Waals surface area contributed by atoms with Crippen LogP contribution in [0.2, 0.25) is 0 Å². The van der Waals surface area contributed by atoms with Gasteiger partial charge in [0.2, 0.25) is 0 Å². The van der Waals surface area contributed by atoms with E-state index in [1.165, 1.54) is 18.1 Å². The molecular formula is C16H20N6O4. The second-order valence-corrected chi connectivity index (χ2v) is 5.50. The minimum atomic E-state index is -0.757. The van der Waals surface area contributed by atoms with Gasteiger partial charge >= 0.3 is 17.8 Å². The van der Waals surface area contributed by atoms with Crippen LogP contribution in [0.3, 0.4) is 0 Å². The Morgan fingerprint density at radius 3 is 2.65 bits per heavy atom. The summed E-state index contributed by atoms with van der Waals surface area (Å²) in [6, 6.07) is 5.12. The fourth-order valence-electron chi connectivity index (χ4n) is 2.23. The van der Waals surface area contributed by atoms with E-state index in [2.05, 4.69) is 30.9 Å². The van der Waals surface area contributed by atoms with E-state index in [1.807, 2.05) is 6.92 Å². The molecule has 2 rings (SSSR count). The van der Waals surface area contributed by atoms with Crippen molar-refractivity contribution in [1.29, 1.82) is 0 Å². The third-order valence-electron chi connectivity index (χ3n) is 3.58. The Bertz CT molecular complexity index is 775. The lowest BCUT2D eigenvalue weighted by Gasteiger charge is -2.09. The molecule has 1 heterocycles. The minimum Gasteiger partial charge on any atom is -0.469 e. The fourth-order valence-corrected chi connectivity index (χ4v) is 2.23. The number of carbonyl (C=O) groups is 3. The number of esters is 1. The second-order valence-electron chi connectivity index (χ2n) is 5.50. The zero-order chi connectivity index (χ0) is 18.9. The Labute approximate surface area is 149 Å². The van der Waals surface area contributed by atoms with Crippen LogP contribution in [-0.4, -0.2) is 51.6 Å². The van der Waals surface area contributed by atoms with Crippen LogP contribution in [0, 0.1) is 6.92 Å². The van der Waals surface area contributed by atoms with Gasteiger partial charge in [0.15, 0.2) is 0 Å². The highest BCUT2D eigenvalue weighted by Gasteiger charge is 2.14. The Morgan fingerprint density at radius 2 is 2.00 bits per heavy atom. The first-order valence-corrected chi connectivity index (χ1v) is 8.01. The van der Waals surface area contributed by atoms with Gasteiger partial charge in [0, 0.05) is 18.7 Å². The first-order chi connectivity index (χ1) is 12.5. The van der Waals surface area contributed by atoms with Gasteiger partial charge in [0.1, 0.15) is 6.33 Å². The maximum absolute atomic E-state index is 11.9. The number of ether oxygens (including phenoxy) is 1. The van der Waals surface area contributed by atoms with Crippen molar-refractivity contribution in [3.8, 4) is 5.69 Å². The number of methoxy groups -OCH3 is 1. The number of unbranched alkanes of at least 4 members (excludes halogenated alkanes) is 1. The van der Waals surface area contributed by atoms with Crippen molar-refractivity contribution in [2.24, 2.45) is 0 Å². The van der Waals surface area contributed by atoms with Crippen molar-refractivity contribution in [3.05, 3.63) is 30.1 Å². The van der Waals surface area contributed by atoms with Crippen LogP contribution in [0.4, 0.5) is 5.69 Å². The largest absolute Gasteiger partial charge is 0.469 e. The number of tetrazole rings is 1. The summed E-state index contributed by atoms with van der Waals surface area (Å²) in [4.78, 5) is 34.7. The Kier molecular flexibility index (Phi) is 6.77. The predicted molar refractivity (Wildman–Crippen MR) is 91.4 cm³/mol. The number of hydrogen-bond donors (Lipinski definition) is 2. The number of amides is 2. The average molecular weight is 360 g/mol. The average Bonchev–Trinajstić information content (AvgIpc) is 3.15. The van der Waals surface area contributed by atoms with Gasteiger partial charge in [-0.05, 0) is 54.0 Å². The highest BCUT2D eigenvalue weighted by molar-refractivity contribution is 6.39. The van der Waals surface area contributed by atoms with Crippen molar-refractivity contribution in [3.63, 3.8) is 0 Å². The normalized spacial score (nSPS) is 10.2. The number of carbonyl (C=O) groups excluding carboxylic acids is 3. The molecule has 0 spiro atoms. The van der Waals surface area contributed by atoms with E-state index in [0.717, 1.165) is 11.3 Å². The number of nitrogens with one attached hydrogen (secondary N) is 2. The monoisotopic (exact) mass is 360 g/mol. The van der Waals surface area contributed by atoms with Crippen LogP contribution in [-0.2, 0) is 19.1 Å². The van der Waals surface area contributed by atoms with Crippen molar-refractivity contribution >= 4 is 23.5 Å². The molecule has 1 aromatic heterocycles. The first-order valence-electron chi connectivity index (χ1n) is 8.01. The molecule has 0 saturated heterocycles. The number of aromatic nitrogens is 4. The minimum absolute atomic E-state index is 0.283. The van der Waals surface area contributed by atoms with Crippen LogP contribution in [0.25, 0.3) is 5.69 Å². The molecule has 0 radical (unpaired) electrons. The molecule has 26 heavy (non-hydrogen) atoms. The topological polar surface area (TPSA) is 128 Å². The van der Waals surface area contributed by atoms with Gasteiger partial charge in [0.05, 0.1) is 12.8 Å². The number of nitrogens with zero attached hydrogens (tertiary/aromatic N) is 4. The van der Waals surface area contributed by atoms with Gasteiger partial charge < -0.3 is 15.4 Å². The Hall–Kier alpha value is -3.30. The number of anilines is 1. The summed E-state index contributed by atoms with van der Waals surface area (Å²) in [5.41, 5.74) is 2.09. The first kappa shape index (κ1) is 19.0. The lowest BCUT2D eigenvalue weighted by Crippen LogP contribution is -2.35. The molecule has 138 valence electrons. The molecule has 10 nitrogen and oxygen atoms in total. The predicted octanol–water partition coefficient (Wildman–Crippen LogP) is 0.369. The molecular weight excluding hydrogens is 340 g/mol. The second kappa shape index (κ2) is 9.25. The maximum atomic E-state index is 11.9. The summed E-state index contributed by atoms with van der Waals surface area (Å²) in [5, 5.41) is 16.0. The molecule has 2 aromatic rings. The van der Waals surface area contributed by atoms with Crippen LogP contribution >= 0.6 is 0 Å². The van der Waals surface area contributed by atoms with E-state index in [4.69, 9.17) is 0 Å². The summed E-state index contributed by atoms with van der Waals surface area (Å²) in [6.45, 7) is 2.15. The molecule has 0 atom stereocenters. The highest BCUT2D eigenvalue weighted by Crippen LogP contribution is 2.17. The standard InChI is InChI=1S/C16H20N6O4/c1-11-9-12(6-7-13(11)22-10-18-20-21-22)19-16(25)15(24)17-8-4-3-5-14(23)26-2/h6-7,9-10H,3-5,8H2,1-2H3,(H,17,24)(H,19,25). The zero-order valence-electron chi connectivity index (χ0n) is 14.6. The third kappa shape index (κ3) is 5.36. The molecule has 0 aliphatic carbocycles. The molecule has 0 bridgehead atoms. The lowest BCUT2D eigenvalue weighted by molar-refractivity contribution is -0.140. The molecule has 0 aliphatic heterocycles. The molecule has 2 amide bonds. The number of benzene rings is 1. The van der Waals surface area contributed by atoms with Crippen molar-refractivity contribution in [2.45, 2.75) is 26.2 Å². The summed E-state index contributed by atoms with van der Waals surface area (Å²) in [7, 11) is 1.32. The van der Waals surface area contributed by atoms with E-state index in [9.17, 15) is 14.4 Å². The number of aryl methyl sites for hydroxylation is 1. The van der Waals surface area contributed by atoms with Gasteiger partial charge in [-0.25, -0.2) is 4.68 Å². The van der Waals surface area contributed by atoms with E-state index in [-0.39, 0.29) is 12.4 Å². The third-order valence-corrected chi connectivity index (χ3v) is 3.58. The van der Waals surface area contributed by atoms with Crippen molar-refractivity contribution < 1.29 is 19.1 Å². The summed E-state index contributed by atoms with van der Waals surface area (Å²) >= 11 is 0. The summed E-state index contributed by atoms with van der Waals surface area (Å²) < 4.78 is 6.02. The fraction of sp³-hybridized carbons (Fsp3) is 0.375. The van der Waals surface area contributed by atoms with Gasteiger partial charge in [-0.3, -0.25) is 14.4 Å². The van der Waals surface area contributed by atoms with Gasteiger partial charge in [-0.2, -0.15) is 0 Å². The van der Waals surface area contributed by atoms with Crippen molar-refractivity contribution in [1.82, 2.24) is 25.5 Å². The Morgan fingerprint density at radius 1 is 1.19 bits per heavy atom. The molecule has 2 N–H and O–H groups in total. The highest BCUT2D eigenvalue weighted by atomic mass is 16.5. The molecule has 0 aliphatic rings.